The number of aromatic nitrogens is 1. The van der Waals surface area contributed by atoms with Crippen LogP contribution in [0.15, 0.2) is 18.3 Å². The lowest BCUT2D eigenvalue weighted by atomic mass is 10.2. The Kier molecular flexibility index (Phi) is 4.84. The molecule has 0 bridgehead atoms. The maximum Gasteiger partial charge on any atom is 0.321 e. The largest absolute Gasteiger partial charge is 0.364 e. The highest BCUT2D eigenvalue weighted by molar-refractivity contribution is 7.98. The summed E-state index contributed by atoms with van der Waals surface area (Å²) in [6.07, 6.45) is 4.56. The molecule has 1 aliphatic heterocycles. The fraction of sp³-hybridized carbons (Fsp3) is 0.462. The molecular formula is C13H18N4O2S. The standard InChI is InChI=1S/C13H18N4O2S/c1-20-8-9-4-5-17(7-9)13(19)16-10-2-3-11(12(14)18)15-6-10/h2-3,6,9H,4-5,7-8H2,1H3,(H2,14,18)(H,16,19). The third-order valence-corrected chi connectivity index (χ3v) is 4.05. The number of pyridine rings is 1. The highest BCUT2D eigenvalue weighted by Crippen LogP contribution is 2.20. The molecule has 1 atom stereocenters. The molecule has 1 aliphatic rings. The summed E-state index contributed by atoms with van der Waals surface area (Å²) in [7, 11) is 0. The predicted molar refractivity (Wildman–Crippen MR) is 79.8 cm³/mol. The van der Waals surface area contributed by atoms with Gasteiger partial charge in [0.05, 0.1) is 11.9 Å². The summed E-state index contributed by atoms with van der Waals surface area (Å²) in [5.41, 5.74) is 5.86. The van der Waals surface area contributed by atoms with Crippen molar-refractivity contribution in [1.29, 1.82) is 0 Å². The van der Waals surface area contributed by atoms with E-state index < -0.39 is 5.91 Å². The van der Waals surface area contributed by atoms with Crippen LogP contribution >= 0.6 is 11.8 Å². The molecule has 1 aromatic rings. The van der Waals surface area contributed by atoms with E-state index in [9.17, 15) is 9.59 Å². The molecule has 1 saturated heterocycles. The van der Waals surface area contributed by atoms with Crippen LogP contribution in [0.4, 0.5) is 10.5 Å². The highest BCUT2D eigenvalue weighted by atomic mass is 32.2. The Morgan fingerprint density at radius 3 is 2.95 bits per heavy atom. The Labute approximate surface area is 122 Å². The van der Waals surface area contributed by atoms with Crippen LogP contribution in [0.1, 0.15) is 16.9 Å². The quantitative estimate of drug-likeness (QED) is 0.878. The zero-order valence-electron chi connectivity index (χ0n) is 11.3. The van der Waals surface area contributed by atoms with Crippen LogP contribution in [0.25, 0.3) is 0 Å². The first-order valence-electron chi connectivity index (χ1n) is 6.41. The summed E-state index contributed by atoms with van der Waals surface area (Å²) in [5.74, 6) is 1.08. The van der Waals surface area contributed by atoms with E-state index in [4.69, 9.17) is 5.73 Å². The van der Waals surface area contributed by atoms with E-state index in [2.05, 4.69) is 16.6 Å². The number of hydrogen-bond donors (Lipinski definition) is 2. The zero-order chi connectivity index (χ0) is 14.5. The number of rotatable bonds is 4. The average Bonchev–Trinajstić information content (AvgIpc) is 2.88. The van der Waals surface area contributed by atoms with Crippen molar-refractivity contribution >= 4 is 29.4 Å². The predicted octanol–water partition coefficient (Wildman–Crippen LogP) is 1.40. The number of nitrogens with zero attached hydrogens (tertiary/aromatic N) is 2. The second kappa shape index (κ2) is 6.60. The average molecular weight is 294 g/mol. The van der Waals surface area contributed by atoms with Crippen LogP contribution in [0.5, 0.6) is 0 Å². The summed E-state index contributed by atoms with van der Waals surface area (Å²) in [4.78, 5) is 28.7. The molecule has 20 heavy (non-hydrogen) atoms. The van der Waals surface area contributed by atoms with Gasteiger partial charge in [-0.1, -0.05) is 0 Å². The Morgan fingerprint density at radius 1 is 1.55 bits per heavy atom. The molecule has 0 spiro atoms. The van der Waals surface area contributed by atoms with Gasteiger partial charge < -0.3 is 16.0 Å². The van der Waals surface area contributed by atoms with E-state index >= 15 is 0 Å². The van der Waals surface area contributed by atoms with Crippen molar-refractivity contribution < 1.29 is 9.59 Å². The van der Waals surface area contributed by atoms with Crippen LogP contribution in [0, 0.1) is 5.92 Å². The molecule has 1 fully saturated rings. The molecular weight excluding hydrogens is 276 g/mol. The molecule has 7 heteroatoms. The number of amides is 3. The maximum absolute atomic E-state index is 12.1. The summed E-state index contributed by atoms with van der Waals surface area (Å²) in [6, 6.07) is 3.00. The molecule has 2 heterocycles. The van der Waals surface area contributed by atoms with Gasteiger partial charge in [0.1, 0.15) is 5.69 Å². The van der Waals surface area contributed by atoms with E-state index in [1.807, 2.05) is 16.7 Å². The summed E-state index contributed by atoms with van der Waals surface area (Å²) in [5, 5.41) is 2.78. The van der Waals surface area contributed by atoms with Gasteiger partial charge in [-0.15, -0.1) is 0 Å². The molecule has 1 aromatic heterocycles. The Hall–Kier alpha value is -1.76. The number of carbonyl (C=O) groups is 2. The van der Waals surface area contributed by atoms with E-state index in [0.29, 0.717) is 11.6 Å². The van der Waals surface area contributed by atoms with Crippen molar-refractivity contribution in [2.24, 2.45) is 11.7 Å². The Morgan fingerprint density at radius 2 is 2.35 bits per heavy atom. The van der Waals surface area contributed by atoms with Gasteiger partial charge in [-0.2, -0.15) is 11.8 Å². The number of nitrogens with one attached hydrogen (secondary N) is 1. The van der Waals surface area contributed by atoms with Gasteiger partial charge in [-0.3, -0.25) is 4.79 Å². The molecule has 6 nitrogen and oxygen atoms in total. The van der Waals surface area contributed by atoms with E-state index in [-0.39, 0.29) is 11.7 Å². The van der Waals surface area contributed by atoms with Crippen molar-refractivity contribution in [2.75, 3.05) is 30.4 Å². The highest BCUT2D eigenvalue weighted by Gasteiger charge is 2.25. The fourth-order valence-corrected chi connectivity index (χ4v) is 2.95. The number of urea groups is 1. The smallest absolute Gasteiger partial charge is 0.321 e. The maximum atomic E-state index is 12.1. The van der Waals surface area contributed by atoms with Gasteiger partial charge in [0.15, 0.2) is 0 Å². The lowest BCUT2D eigenvalue weighted by Gasteiger charge is -2.17. The lowest BCUT2D eigenvalue weighted by molar-refractivity contribution is 0.0995. The van der Waals surface area contributed by atoms with Crippen molar-refractivity contribution in [3.8, 4) is 0 Å². The van der Waals surface area contributed by atoms with Crippen LogP contribution in [0.3, 0.4) is 0 Å². The van der Waals surface area contributed by atoms with Gasteiger partial charge in [-0.25, -0.2) is 9.78 Å². The first-order valence-corrected chi connectivity index (χ1v) is 7.80. The third kappa shape index (κ3) is 3.63. The monoisotopic (exact) mass is 294 g/mol. The van der Waals surface area contributed by atoms with Crippen LogP contribution < -0.4 is 11.1 Å². The number of hydrogen-bond acceptors (Lipinski definition) is 4. The number of thioether (sulfide) groups is 1. The Balaban J connectivity index is 1.90. The van der Waals surface area contributed by atoms with E-state index in [1.165, 1.54) is 12.3 Å². The molecule has 0 aliphatic carbocycles. The molecule has 108 valence electrons. The summed E-state index contributed by atoms with van der Waals surface area (Å²) in [6.45, 7) is 1.57. The molecule has 3 N–H and O–H groups in total. The number of primary amides is 1. The molecule has 0 radical (unpaired) electrons. The first-order chi connectivity index (χ1) is 9.60. The number of likely N-dealkylation sites (tertiary alicyclic amines) is 1. The molecule has 2 rings (SSSR count). The van der Waals surface area contributed by atoms with Crippen molar-refractivity contribution in [3.05, 3.63) is 24.0 Å². The first kappa shape index (κ1) is 14.6. The summed E-state index contributed by atoms with van der Waals surface area (Å²) >= 11 is 1.81. The fourth-order valence-electron chi connectivity index (χ4n) is 2.20. The second-order valence-electron chi connectivity index (χ2n) is 4.78. The lowest BCUT2D eigenvalue weighted by Crippen LogP contribution is -2.33. The van der Waals surface area contributed by atoms with Gasteiger partial charge in [0, 0.05) is 13.1 Å². The number of carbonyl (C=O) groups excluding carboxylic acids is 2. The van der Waals surface area contributed by atoms with E-state index in [1.54, 1.807) is 6.07 Å². The third-order valence-electron chi connectivity index (χ3n) is 3.24. The number of anilines is 1. The van der Waals surface area contributed by atoms with Crippen LogP contribution in [0.2, 0.25) is 0 Å². The van der Waals surface area contributed by atoms with Gasteiger partial charge in [-0.05, 0) is 36.5 Å². The molecule has 1 unspecified atom stereocenters. The van der Waals surface area contributed by atoms with E-state index in [0.717, 1.165) is 25.3 Å². The zero-order valence-corrected chi connectivity index (χ0v) is 12.2. The topological polar surface area (TPSA) is 88.3 Å². The minimum atomic E-state index is -0.581. The van der Waals surface area contributed by atoms with Gasteiger partial charge in [0.25, 0.3) is 5.91 Å². The van der Waals surface area contributed by atoms with Gasteiger partial charge in [0.2, 0.25) is 0 Å². The van der Waals surface area contributed by atoms with Crippen LogP contribution in [-0.2, 0) is 0 Å². The van der Waals surface area contributed by atoms with Crippen molar-refractivity contribution in [1.82, 2.24) is 9.88 Å². The van der Waals surface area contributed by atoms with Crippen molar-refractivity contribution in [3.63, 3.8) is 0 Å². The van der Waals surface area contributed by atoms with Crippen LogP contribution in [-0.4, -0.2) is 46.9 Å². The minimum absolute atomic E-state index is 0.123. The van der Waals surface area contributed by atoms with Crippen molar-refractivity contribution in [2.45, 2.75) is 6.42 Å². The Bertz CT molecular complexity index is 492. The van der Waals surface area contributed by atoms with Gasteiger partial charge >= 0.3 is 6.03 Å². The molecule has 0 aromatic carbocycles. The summed E-state index contributed by atoms with van der Waals surface area (Å²) < 4.78 is 0. The number of nitrogens with two attached hydrogens (primary N) is 1. The molecule has 3 amide bonds. The SMILES string of the molecule is CSCC1CCN(C(=O)Nc2ccc(C(N)=O)nc2)C1. The second-order valence-corrected chi connectivity index (χ2v) is 5.69. The molecule has 0 saturated carbocycles. The normalized spacial score (nSPS) is 18.1. The minimum Gasteiger partial charge on any atom is -0.364 e.